The van der Waals surface area contributed by atoms with E-state index in [-0.39, 0.29) is 24.6 Å². The van der Waals surface area contributed by atoms with Gasteiger partial charge in [-0.1, -0.05) is 40.6 Å². The highest BCUT2D eigenvalue weighted by Crippen LogP contribution is 2.38. The second-order valence-corrected chi connectivity index (χ2v) is 14.3. The molecule has 54 heavy (non-hydrogen) atoms. The summed E-state index contributed by atoms with van der Waals surface area (Å²) in [7, 11) is 1.93. The molecule has 8 aromatic rings. The van der Waals surface area contributed by atoms with Gasteiger partial charge in [0.15, 0.2) is 0 Å². The van der Waals surface area contributed by atoms with Crippen molar-refractivity contribution in [1.82, 2.24) is 39.2 Å². The molecule has 0 aliphatic heterocycles. The molecule has 7 heterocycles. The molecule has 1 fully saturated rings. The van der Waals surface area contributed by atoms with Crippen molar-refractivity contribution in [3.8, 4) is 33.4 Å². The Morgan fingerprint density at radius 2 is 1.52 bits per heavy atom. The van der Waals surface area contributed by atoms with E-state index in [0.717, 1.165) is 80.0 Å². The Hall–Kier alpha value is -6.11. The van der Waals surface area contributed by atoms with Crippen molar-refractivity contribution >= 4 is 28.0 Å². The molecule has 2 N–H and O–H groups in total. The number of alkyl halides is 2. The molecule has 13 heteroatoms. The molecule has 0 radical (unpaired) electrons. The number of hydrogen-bond donors (Lipinski definition) is 1. The summed E-state index contributed by atoms with van der Waals surface area (Å²) in [6.45, 7) is 7.22. The first-order valence-corrected chi connectivity index (χ1v) is 18.0. The maximum atomic E-state index is 13.4. The highest BCUT2D eigenvalue weighted by atomic mass is 19.3. The molecule has 9 rings (SSSR count). The van der Waals surface area contributed by atoms with Crippen LogP contribution in [0.1, 0.15) is 48.4 Å². The van der Waals surface area contributed by atoms with Gasteiger partial charge in [0.25, 0.3) is 0 Å². The molecule has 0 amide bonds. The molecular weight excluding hydrogens is 689 g/mol. The molecule has 7 aromatic heterocycles. The summed E-state index contributed by atoms with van der Waals surface area (Å²) in [4.78, 5) is 9.33. The SMILES string of the molecule is Cc1noc(C)c1-c1cnc2c(-c3cnn(C)c3)cn(Cc3ccccc3)c2c1.Cc1noc(N)c1-c1cnc2ccn(CC3CCC(F)(F)CC3)c2c1. The van der Waals surface area contributed by atoms with Crippen molar-refractivity contribution in [2.75, 3.05) is 5.73 Å². The Kier molecular flexibility index (Phi) is 9.08. The van der Waals surface area contributed by atoms with Gasteiger partial charge in [0.05, 0.1) is 45.2 Å². The van der Waals surface area contributed by atoms with E-state index < -0.39 is 5.92 Å². The lowest BCUT2D eigenvalue weighted by Gasteiger charge is -2.28. The van der Waals surface area contributed by atoms with Crippen molar-refractivity contribution in [1.29, 1.82) is 0 Å². The third-order valence-electron chi connectivity index (χ3n) is 10.3. The molecule has 1 saturated carbocycles. The fourth-order valence-electron chi connectivity index (χ4n) is 7.54. The Morgan fingerprint density at radius 1 is 0.815 bits per heavy atom. The lowest BCUT2D eigenvalue weighted by Crippen LogP contribution is -2.26. The minimum atomic E-state index is -2.49. The van der Waals surface area contributed by atoms with Crippen LogP contribution in [-0.4, -0.2) is 45.1 Å². The highest BCUT2D eigenvalue weighted by Gasteiger charge is 2.35. The van der Waals surface area contributed by atoms with Crippen LogP contribution in [0, 0.1) is 26.7 Å². The molecule has 1 aromatic carbocycles. The van der Waals surface area contributed by atoms with Crippen LogP contribution in [0.15, 0.2) is 94.8 Å². The van der Waals surface area contributed by atoms with Crippen molar-refractivity contribution < 1.29 is 17.8 Å². The number of fused-ring (bicyclic) bond motifs is 2. The van der Waals surface area contributed by atoms with Gasteiger partial charge >= 0.3 is 0 Å². The lowest BCUT2D eigenvalue weighted by molar-refractivity contribution is -0.0472. The van der Waals surface area contributed by atoms with Crippen LogP contribution in [0.4, 0.5) is 14.7 Å². The van der Waals surface area contributed by atoms with Gasteiger partial charge in [-0.05, 0) is 63.3 Å². The zero-order valence-electron chi connectivity index (χ0n) is 30.6. The molecule has 0 spiro atoms. The first kappa shape index (κ1) is 34.9. The van der Waals surface area contributed by atoms with Crippen LogP contribution < -0.4 is 5.73 Å². The van der Waals surface area contributed by atoms with Crippen molar-refractivity contribution in [2.45, 2.75) is 65.5 Å². The number of nitrogens with zero attached hydrogens (tertiary/aromatic N) is 8. The maximum absolute atomic E-state index is 13.4. The standard InChI is InChI=1S/C23H21N5O.C18H20F2N4O/c1-15-22(16(2)29-26-15)18-9-21-23(24-10-18)20(19-11-25-27(3)13-19)14-28(21)12-17-7-5-4-6-8-17;1-11-16(17(21)25-23-11)13-8-15-14(22-9-13)4-7-24(15)10-12-2-5-18(19,20)6-3-12/h4-11,13-14H,12H2,1-3H3;4,7-9,12H,2-3,5-6,10,21H2,1H3. The number of halogens is 2. The normalized spacial score (nSPS) is 14.5. The number of rotatable bonds is 7. The number of pyridine rings is 2. The van der Waals surface area contributed by atoms with E-state index in [1.165, 1.54) is 5.56 Å². The van der Waals surface area contributed by atoms with Crippen LogP contribution in [0.25, 0.3) is 55.4 Å². The van der Waals surface area contributed by atoms with Gasteiger partial charge in [0.2, 0.25) is 11.8 Å². The summed E-state index contributed by atoms with van der Waals surface area (Å²) < 4.78 is 43.3. The average molecular weight is 730 g/mol. The highest BCUT2D eigenvalue weighted by molar-refractivity contribution is 5.95. The second kappa shape index (κ2) is 14.0. The predicted molar refractivity (Wildman–Crippen MR) is 204 cm³/mol. The fourth-order valence-corrected chi connectivity index (χ4v) is 7.54. The van der Waals surface area contributed by atoms with Gasteiger partial charge < -0.3 is 23.9 Å². The largest absolute Gasteiger partial charge is 0.367 e. The monoisotopic (exact) mass is 729 g/mol. The first-order chi connectivity index (χ1) is 26.0. The summed E-state index contributed by atoms with van der Waals surface area (Å²) in [5.41, 5.74) is 18.3. The van der Waals surface area contributed by atoms with Crippen LogP contribution in [0.2, 0.25) is 0 Å². The zero-order valence-corrected chi connectivity index (χ0v) is 30.6. The van der Waals surface area contributed by atoms with Gasteiger partial charge in [0.1, 0.15) is 5.76 Å². The summed E-state index contributed by atoms with van der Waals surface area (Å²) in [6.07, 6.45) is 12.8. The van der Waals surface area contributed by atoms with Crippen molar-refractivity contribution in [3.05, 3.63) is 108 Å². The number of aromatic nitrogens is 8. The summed E-state index contributed by atoms with van der Waals surface area (Å²) in [5.74, 6) is -1.15. The van der Waals surface area contributed by atoms with E-state index in [1.54, 1.807) is 6.20 Å². The Balaban J connectivity index is 0.000000155. The Labute approximate surface area is 310 Å². The van der Waals surface area contributed by atoms with E-state index in [0.29, 0.717) is 18.5 Å². The predicted octanol–water partition coefficient (Wildman–Crippen LogP) is 9.16. The van der Waals surface area contributed by atoms with Crippen LogP contribution in [-0.2, 0) is 20.1 Å². The Bertz CT molecular complexity index is 2530. The minimum Gasteiger partial charge on any atom is -0.367 e. The van der Waals surface area contributed by atoms with E-state index in [1.807, 2.05) is 75.5 Å². The van der Waals surface area contributed by atoms with E-state index in [2.05, 4.69) is 66.1 Å². The van der Waals surface area contributed by atoms with Crippen LogP contribution in [0.5, 0.6) is 0 Å². The maximum Gasteiger partial charge on any atom is 0.248 e. The van der Waals surface area contributed by atoms with Crippen LogP contribution in [0.3, 0.4) is 0 Å². The molecule has 0 bridgehead atoms. The molecule has 0 atom stereocenters. The second-order valence-electron chi connectivity index (χ2n) is 14.3. The van der Waals surface area contributed by atoms with Gasteiger partial charge in [-0.15, -0.1) is 0 Å². The van der Waals surface area contributed by atoms with Crippen LogP contribution >= 0.6 is 0 Å². The van der Waals surface area contributed by atoms with Gasteiger partial charge in [-0.3, -0.25) is 14.6 Å². The number of benzene rings is 1. The smallest absolute Gasteiger partial charge is 0.248 e. The van der Waals surface area contributed by atoms with Gasteiger partial charge in [-0.2, -0.15) is 5.10 Å². The average Bonchev–Trinajstić information content (AvgIpc) is 3.99. The topological polar surface area (TPSA) is 132 Å². The number of aryl methyl sites for hydroxylation is 4. The summed E-state index contributed by atoms with van der Waals surface area (Å²) in [6, 6.07) is 16.6. The molecule has 1 aliphatic carbocycles. The quantitative estimate of drug-likeness (QED) is 0.172. The number of nitrogen functional groups attached to an aromatic ring is 1. The van der Waals surface area contributed by atoms with E-state index in [9.17, 15) is 8.78 Å². The van der Waals surface area contributed by atoms with Crippen molar-refractivity contribution in [3.63, 3.8) is 0 Å². The lowest BCUT2D eigenvalue weighted by atomic mass is 9.87. The van der Waals surface area contributed by atoms with Gasteiger partial charge in [-0.25, -0.2) is 8.78 Å². The zero-order chi connectivity index (χ0) is 37.6. The van der Waals surface area contributed by atoms with E-state index >= 15 is 0 Å². The molecule has 0 saturated heterocycles. The third-order valence-corrected chi connectivity index (χ3v) is 10.3. The number of anilines is 1. The summed E-state index contributed by atoms with van der Waals surface area (Å²) in [5, 5.41) is 12.3. The molecular formula is C41H41F2N9O2. The van der Waals surface area contributed by atoms with E-state index in [4.69, 9.17) is 19.8 Å². The number of hydrogen-bond acceptors (Lipinski definition) is 8. The van der Waals surface area contributed by atoms with Gasteiger partial charge in [0, 0.05) is 91.8 Å². The van der Waals surface area contributed by atoms with Crippen molar-refractivity contribution in [2.24, 2.45) is 13.0 Å². The molecule has 276 valence electrons. The molecule has 0 unspecified atom stereocenters. The molecule has 11 nitrogen and oxygen atoms in total. The molecule has 1 aliphatic rings. The minimum absolute atomic E-state index is 0.0171. The Morgan fingerprint density at radius 3 is 2.20 bits per heavy atom. The number of nitrogens with two attached hydrogens (primary N) is 1. The first-order valence-electron chi connectivity index (χ1n) is 18.0. The summed E-state index contributed by atoms with van der Waals surface area (Å²) >= 11 is 0. The fraction of sp³-hybridized carbons (Fsp3) is 0.293. The third kappa shape index (κ3) is 6.89.